The summed E-state index contributed by atoms with van der Waals surface area (Å²) < 4.78 is 27.2. The highest BCUT2D eigenvalue weighted by Crippen LogP contribution is 2.39. The SMILES string of the molecule is CC1CCCC(C(O)Cc2cccc(F)c2F)(N(C)C)C1. The molecule has 0 saturated heterocycles. The van der Waals surface area contributed by atoms with Crippen molar-refractivity contribution >= 4 is 0 Å². The topological polar surface area (TPSA) is 23.5 Å². The third kappa shape index (κ3) is 3.27. The summed E-state index contributed by atoms with van der Waals surface area (Å²) in [6, 6.07) is 4.15. The van der Waals surface area contributed by atoms with Crippen LogP contribution < -0.4 is 0 Å². The zero-order valence-electron chi connectivity index (χ0n) is 13.1. The van der Waals surface area contributed by atoms with Gasteiger partial charge in [-0.05, 0) is 44.5 Å². The minimum Gasteiger partial charge on any atom is -0.391 e. The molecule has 1 fully saturated rings. The van der Waals surface area contributed by atoms with Gasteiger partial charge in [-0.1, -0.05) is 31.9 Å². The highest BCUT2D eigenvalue weighted by Gasteiger charge is 2.43. The van der Waals surface area contributed by atoms with Gasteiger partial charge >= 0.3 is 0 Å². The molecule has 2 nitrogen and oxygen atoms in total. The van der Waals surface area contributed by atoms with Crippen molar-refractivity contribution in [1.82, 2.24) is 4.90 Å². The second-order valence-electron chi connectivity index (χ2n) is 6.63. The number of aliphatic hydroxyl groups excluding tert-OH is 1. The Hall–Kier alpha value is -1.00. The largest absolute Gasteiger partial charge is 0.391 e. The van der Waals surface area contributed by atoms with E-state index in [1.165, 1.54) is 6.07 Å². The molecule has 0 heterocycles. The average Bonchev–Trinajstić information content (AvgIpc) is 2.43. The van der Waals surface area contributed by atoms with Crippen molar-refractivity contribution in [3.63, 3.8) is 0 Å². The van der Waals surface area contributed by atoms with Gasteiger partial charge in [0.1, 0.15) is 0 Å². The van der Waals surface area contributed by atoms with Crippen molar-refractivity contribution in [1.29, 1.82) is 0 Å². The number of benzene rings is 1. The molecule has 4 heteroatoms. The van der Waals surface area contributed by atoms with Crippen LogP contribution >= 0.6 is 0 Å². The van der Waals surface area contributed by atoms with Gasteiger partial charge in [0.2, 0.25) is 0 Å². The van der Waals surface area contributed by atoms with Crippen molar-refractivity contribution in [2.75, 3.05) is 14.1 Å². The monoisotopic (exact) mass is 297 g/mol. The molecular formula is C17H25F2NO. The van der Waals surface area contributed by atoms with Crippen molar-refractivity contribution in [3.8, 4) is 0 Å². The van der Waals surface area contributed by atoms with Gasteiger partial charge in [0.25, 0.3) is 0 Å². The predicted molar refractivity (Wildman–Crippen MR) is 80.1 cm³/mol. The number of nitrogens with zero attached hydrogens (tertiary/aromatic N) is 1. The van der Waals surface area contributed by atoms with E-state index in [1.54, 1.807) is 6.07 Å². The van der Waals surface area contributed by atoms with Crippen LogP contribution in [0.4, 0.5) is 8.78 Å². The van der Waals surface area contributed by atoms with Crippen LogP contribution in [0, 0.1) is 17.6 Å². The van der Waals surface area contributed by atoms with Gasteiger partial charge in [-0.25, -0.2) is 8.78 Å². The van der Waals surface area contributed by atoms with Crippen molar-refractivity contribution in [2.24, 2.45) is 5.92 Å². The van der Waals surface area contributed by atoms with Crippen LogP contribution in [0.2, 0.25) is 0 Å². The highest BCUT2D eigenvalue weighted by molar-refractivity contribution is 5.21. The van der Waals surface area contributed by atoms with Gasteiger partial charge in [0, 0.05) is 12.0 Å². The fourth-order valence-electron chi connectivity index (χ4n) is 3.68. The highest BCUT2D eigenvalue weighted by atomic mass is 19.2. The van der Waals surface area contributed by atoms with Gasteiger partial charge in [0.15, 0.2) is 11.6 Å². The van der Waals surface area contributed by atoms with E-state index in [4.69, 9.17) is 0 Å². The molecule has 0 spiro atoms. The van der Waals surface area contributed by atoms with E-state index in [9.17, 15) is 13.9 Å². The van der Waals surface area contributed by atoms with E-state index >= 15 is 0 Å². The summed E-state index contributed by atoms with van der Waals surface area (Å²) in [5.74, 6) is -1.15. The molecule has 1 aliphatic rings. The molecule has 1 aliphatic carbocycles. The van der Waals surface area contributed by atoms with Gasteiger partial charge in [0.05, 0.1) is 6.10 Å². The van der Waals surface area contributed by atoms with Crippen LogP contribution in [-0.4, -0.2) is 35.7 Å². The molecule has 118 valence electrons. The summed E-state index contributed by atoms with van der Waals surface area (Å²) in [5.41, 5.74) is -0.0990. The van der Waals surface area contributed by atoms with Crippen molar-refractivity contribution in [3.05, 3.63) is 35.4 Å². The standard InChI is InChI=1S/C17H25F2NO/c1-12-6-5-9-17(11-12,20(2)3)15(21)10-13-7-4-8-14(18)16(13)19/h4,7-8,12,15,21H,5-6,9-11H2,1-3H3. The lowest BCUT2D eigenvalue weighted by atomic mass is 9.71. The molecule has 1 N–H and O–H groups in total. The van der Waals surface area contributed by atoms with Gasteiger partial charge in [-0.2, -0.15) is 0 Å². The average molecular weight is 297 g/mol. The zero-order chi connectivity index (χ0) is 15.6. The Kier molecular flexibility index (Phi) is 4.99. The first-order valence-corrected chi connectivity index (χ1v) is 7.65. The van der Waals surface area contributed by atoms with Crippen molar-refractivity contribution in [2.45, 2.75) is 50.7 Å². The molecule has 0 radical (unpaired) electrons. The normalized spacial score (nSPS) is 27.9. The summed E-state index contributed by atoms with van der Waals surface area (Å²) in [7, 11) is 3.92. The summed E-state index contributed by atoms with van der Waals surface area (Å²) in [6.07, 6.45) is 3.44. The fraction of sp³-hybridized carbons (Fsp3) is 0.647. The molecule has 1 aromatic carbocycles. The third-order valence-corrected chi connectivity index (χ3v) is 4.96. The van der Waals surface area contributed by atoms with Crippen LogP contribution in [-0.2, 0) is 6.42 Å². The van der Waals surface area contributed by atoms with E-state index in [1.807, 2.05) is 14.1 Å². The second kappa shape index (κ2) is 6.41. The van der Waals surface area contributed by atoms with Crippen LogP contribution in [0.5, 0.6) is 0 Å². The van der Waals surface area contributed by atoms with E-state index < -0.39 is 17.7 Å². The lowest BCUT2D eigenvalue weighted by Crippen LogP contribution is -2.56. The molecule has 3 unspecified atom stereocenters. The van der Waals surface area contributed by atoms with Crippen molar-refractivity contribution < 1.29 is 13.9 Å². The Bertz CT molecular complexity index is 492. The maximum absolute atomic E-state index is 13.8. The summed E-state index contributed by atoms with van der Waals surface area (Å²) in [6.45, 7) is 2.19. The molecule has 1 saturated carbocycles. The Labute approximate surface area is 125 Å². The number of hydrogen-bond acceptors (Lipinski definition) is 2. The molecule has 21 heavy (non-hydrogen) atoms. The summed E-state index contributed by atoms with van der Waals surface area (Å²) in [4.78, 5) is 2.06. The maximum Gasteiger partial charge on any atom is 0.162 e. The first-order chi connectivity index (χ1) is 9.86. The summed E-state index contributed by atoms with van der Waals surface area (Å²) in [5, 5.41) is 10.8. The Morgan fingerprint density at radius 2 is 2.10 bits per heavy atom. The number of hydrogen-bond donors (Lipinski definition) is 1. The first-order valence-electron chi connectivity index (χ1n) is 7.65. The lowest BCUT2D eigenvalue weighted by Gasteiger charge is -2.48. The zero-order valence-corrected chi connectivity index (χ0v) is 13.1. The number of rotatable bonds is 4. The first kappa shape index (κ1) is 16.4. The van der Waals surface area contributed by atoms with E-state index in [-0.39, 0.29) is 17.5 Å². The smallest absolute Gasteiger partial charge is 0.162 e. The van der Waals surface area contributed by atoms with Gasteiger partial charge < -0.3 is 10.0 Å². The molecule has 1 aromatic rings. The van der Waals surface area contributed by atoms with E-state index in [2.05, 4.69) is 11.8 Å². The minimum atomic E-state index is -0.851. The molecule has 0 aromatic heterocycles. The molecule has 2 rings (SSSR count). The minimum absolute atomic E-state index is 0.147. The predicted octanol–water partition coefficient (Wildman–Crippen LogP) is 3.38. The van der Waals surface area contributed by atoms with E-state index in [0.717, 1.165) is 31.7 Å². The Morgan fingerprint density at radius 3 is 2.71 bits per heavy atom. The van der Waals surface area contributed by atoms with Gasteiger partial charge in [-0.3, -0.25) is 0 Å². The van der Waals surface area contributed by atoms with E-state index in [0.29, 0.717) is 5.92 Å². The maximum atomic E-state index is 13.8. The fourth-order valence-corrected chi connectivity index (χ4v) is 3.68. The van der Waals surface area contributed by atoms with Crippen LogP contribution in [0.3, 0.4) is 0 Å². The number of aliphatic hydroxyl groups is 1. The Morgan fingerprint density at radius 1 is 1.38 bits per heavy atom. The van der Waals surface area contributed by atoms with Gasteiger partial charge in [-0.15, -0.1) is 0 Å². The quantitative estimate of drug-likeness (QED) is 0.921. The van der Waals surface area contributed by atoms with Crippen LogP contribution in [0.15, 0.2) is 18.2 Å². The summed E-state index contributed by atoms with van der Waals surface area (Å²) >= 11 is 0. The molecule has 0 bridgehead atoms. The lowest BCUT2D eigenvalue weighted by molar-refractivity contribution is -0.0428. The number of likely N-dealkylation sites (N-methyl/N-ethyl adjacent to an activating group) is 1. The third-order valence-electron chi connectivity index (χ3n) is 4.96. The number of halogens is 2. The second-order valence-corrected chi connectivity index (χ2v) is 6.63. The molecule has 0 amide bonds. The van der Waals surface area contributed by atoms with Crippen LogP contribution in [0.1, 0.15) is 38.2 Å². The van der Waals surface area contributed by atoms with Crippen LogP contribution in [0.25, 0.3) is 0 Å². The molecule has 0 aliphatic heterocycles. The Balaban J connectivity index is 2.23. The molecular weight excluding hydrogens is 272 g/mol. The molecule has 3 atom stereocenters.